The number of ketones is 1. The molecule has 1 aliphatic heterocycles. The van der Waals surface area contributed by atoms with Crippen LogP contribution in [0.15, 0.2) is 0 Å². The summed E-state index contributed by atoms with van der Waals surface area (Å²) in [5.41, 5.74) is 0. The van der Waals surface area contributed by atoms with Crippen molar-refractivity contribution in [3.8, 4) is 0 Å². The smallest absolute Gasteiger partial charge is 0.379 e. The molecule has 1 heterocycles. The standard InChI is InChI=1S/C10H16F3NO2/c1-7(2)14-3-4-16-6-8(5-14)9(15)10(11,12)13/h7-8H,3-6H2,1-2H3/t8-/m0/s1. The second kappa shape index (κ2) is 5.14. The Balaban J connectivity index is 2.69. The quantitative estimate of drug-likeness (QED) is 0.731. The molecule has 0 unspecified atom stereocenters. The van der Waals surface area contributed by atoms with E-state index in [2.05, 4.69) is 0 Å². The first kappa shape index (κ1) is 13.4. The fourth-order valence-corrected chi connectivity index (χ4v) is 1.69. The summed E-state index contributed by atoms with van der Waals surface area (Å²) in [4.78, 5) is 12.9. The molecular formula is C10H16F3NO2. The lowest BCUT2D eigenvalue weighted by molar-refractivity contribution is -0.177. The molecule has 1 aliphatic rings. The Morgan fingerprint density at radius 2 is 2.06 bits per heavy atom. The summed E-state index contributed by atoms with van der Waals surface area (Å²) in [6, 6.07) is 0.116. The van der Waals surface area contributed by atoms with Gasteiger partial charge in [-0.15, -0.1) is 0 Å². The number of carbonyl (C=O) groups excluding carboxylic acids is 1. The van der Waals surface area contributed by atoms with Gasteiger partial charge in [0, 0.05) is 19.1 Å². The number of Topliss-reactive ketones (excluding diaryl/α,β-unsaturated/α-hetero) is 1. The molecule has 0 aromatic heterocycles. The minimum atomic E-state index is -4.76. The van der Waals surface area contributed by atoms with Gasteiger partial charge in [0.15, 0.2) is 0 Å². The fraction of sp³-hybridized carbons (Fsp3) is 0.900. The van der Waals surface area contributed by atoms with Crippen LogP contribution in [0.1, 0.15) is 13.8 Å². The van der Waals surface area contributed by atoms with Gasteiger partial charge >= 0.3 is 6.18 Å². The summed E-state index contributed by atoms with van der Waals surface area (Å²) in [5.74, 6) is -2.77. The van der Waals surface area contributed by atoms with Crippen LogP contribution < -0.4 is 0 Å². The topological polar surface area (TPSA) is 29.5 Å². The lowest BCUT2D eigenvalue weighted by Gasteiger charge is -2.26. The summed E-state index contributed by atoms with van der Waals surface area (Å²) in [5, 5.41) is 0. The van der Waals surface area contributed by atoms with E-state index in [4.69, 9.17) is 4.74 Å². The monoisotopic (exact) mass is 239 g/mol. The average molecular weight is 239 g/mol. The number of alkyl halides is 3. The summed E-state index contributed by atoms with van der Waals surface area (Å²) in [7, 11) is 0. The molecule has 0 N–H and O–H groups in total. The van der Waals surface area contributed by atoms with Crippen molar-refractivity contribution in [2.45, 2.75) is 26.1 Å². The average Bonchev–Trinajstić information content (AvgIpc) is 2.40. The highest BCUT2D eigenvalue weighted by Crippen LogP contribution is 2.23. The van der Waals surface area contributed by atoms with E-state index < -0.39 is 17.9 Å². The number of hydrogen-bond acceptors (Lipinski definition) is 3. The summed E-state index contributed by atoms with van der Waals surface area (Å²) in [6.07, 6.45) is -4.76. The zero-order valence-electron chi connectivity index (χ0n) is 9.38. The number of carbonyl (C=O) groups is 1. The molecule has 0 aliphatic carbocycles. The maximum atomic E-state index is 12.3. The van der Waals surface area contributed by atoms with Crippen LogP contribution >= 0.6 is 0 Å². The van der Waals surface area contributed by atoms with Crippen LogP contribution in [0.3, 0.4) is 0 Å². The van der Waals surface area contributed by atoms with Gasteiger partial charge in [-0.3, -0.25) is 9.69 Å². The van der Waals surface area contributed by atoms with Crippen molar-refractivity contribution in [2.75, 3.05) is 26.3 Å². The molecule has 6 heteroatoms. The highest BCUT2D eigenvalue weighted by Gasteiger charge is 2.44. The molecule has 0 amide bonds. The van der Waals surface area contributed by atoms with Gasteiger partial charge in [-0.05, 0) is 13.8 Å². The van der Waals surface area contributed by atoms with Gasteiger partial charge in [0.05, 0.1) is 19.1 Å². The molecule has 3 nitrogen and oxygen atoms in total. The molecule has 1 saturated heterocycles. The Labute approximate surface area is 92.5 Å². The van der Waals surface area contributed by atoms with E-state index >= 15 is 0 Å². The number of nitrogens with zero attached hydrogens (tertiary/aromatic N) is 1. The van der Waals surface area contributed by atoms with Gasteiger partial charge in [0.1, 0.15) is 0 Å². The van der Waals surface area contributed by atoms with E-state index in [0.29, 0.717) is 13.2 Å². The Morgan fingerprint density at radius 1 is 1.44 bits per heavy atom. The summed E-state index contributed by atoms with van der Waals surface area (Å²) in [6.45, 7) is 4.71. The Kier molecular flexibility index (Phi) is 4.32. The van der Waals surface area contributed by atoms with E-state index in [1.165, 1.54) is 0 Å². The van der Waals surface area contributed by atoms with Crippen molar-refractivity contribution >= 4 is 5.78 Å². The fourth-order valence-electron chi connectivity index (χ4n) is 1.69. The van der Waals surface area contributed by atoms with Crippen LogP contribution in [0.2, 0.25) is 0 Å². The predicted molar refractivity (Wildman–Crippen MR) is 52.1 cm³/mol. The maximum absolute atomic E-state index is 12.3. The van der Waals surface area contributed by atoms with E-state index in [-0.39, 0.29) is 19.2 Å². The van der Waals surface area contributed by atoms with Crippen molar-refractivity contribution in [1.82, 2.24) is 4.90 Å². The number of rotatable bonds is 2. The van der Waals surface area contributed by atoms with Crippen LogP contribution in [0.4, 0.5) is 13.2 Å². The van der Waals surface area contributed by atoms with Crippen LogP contribution in [0.5, 0.6) is 0 Å². The van der Waals surface area contributed by atoms with Crippen LogP contribution in [-0.2, 0) is 9.53 Å². The minimum absolute atomic E-state index is 0.116. The SMILES string of the molecule is CC(C)N1CCOC[C@@H](C(=O)C(F)(F)F)C1. The largest absolute Gasteiger partial charge is 0.450 e. The van der Waals surface area contributed by atoms with Gasteiger partial charge < -0.3 is 4.74 Å². The van der Waals surface area contributed by atoms with E-state index in [9.17, 15) is 18.0 Å². The molecule has 0 bridgehead atoms. The molecule has 0 saturated carbocycles. The molecule has 0 spiro atoms. The molecular weight excluding hydrogens is 223 g/mol. The zero-order chi connectivity index (χ0) is 12.3. The van der Waals surface area contributed by atoms with Crippen molar-refractivity contribution in [3.05, 3.63) is 0 Å². The van der Waals surface area contributed by atoms with Crippen molar-refractivity contribution in [1.29, 1.82) is 0 Å². The highest BCUT2D eigenvalue weighted by atomic mass is 19.4. The number of ether oxygens (including phenoxy) is 1. The van der Waals surface area contributed by atoms with Gasteiger partial charge in [0.2, 0.25) is 5.78 Å². The molecule has 0 aromatic rings. The third-order valence-corrected chi connectivity index (χ3v) is 2.68. The van der Waals surface area contributed by atoms with Gasteiger partial charge in [0.25, 0.3) is 0 Å². The zero-order valence-corrected chi connectivity index (χ0v) is 9.38. The lowest BCUT2D eigenvalue weighted by atomic mass is 10.0. The third kappa shape index (κ3) is 3.45. The van der Waals surface area contributed by atoms with E-state index in [1.807, 2.05) is 18.7 Å². The maximum Gasteiger partial charge on any atom is 0.450 e. The second-order valence-corrected chi connectivity index (χ2v) is 4.22. The van der Waals surface area contributed by atoms with Crippen LogP contribution in [0, 0.1) is 5.92 Å². The molecule has 1 fully saturated rings. The van der Waals surface area contributed by atoms with Gasteiger partial charge in [-0.2, -0.15) is 13.2 Å². The van der Waals surface area contributed by atoms with Crippen LogP contribution in [0.25, 0.3) is 0 Å². The van der Waals surface area contributed by atoms with Gasteiger partial charge in [-0.25, -0.2) is 0 Å². The first-order chi connectivity index (χ1) is 7.32. The Bertz CT molecular complexity index is 253. The van der Waals surface area contributed by atoms with Crippen molar-refractivity contribution in [2.24, 2.45) is 5.92 Å². The van der Waals surface area contributed by atoms with E-state index in [1.54, 1.807) is 0 Å². The molecule has 94 valence electrons. The number of hydrogen-bond donors (Lipinski definition) is 0. The Hall–Kier alpha value is -0.620. The number of halogens is 3. The van der Waals surface area contributed by atoms with Crippen molar-refractivity contribution < 1.29 is 22.7 Å². The minimum Gasteiger partial charge on any atom is -0.379 e. The summed E-state index contributed by atoms with van der Waals surface area (Å²) >= 11 is 0. The van der Waals surface area contributed by atoms with Crippen molar-refractivity contribution in [3.63, 3.8) is 0 Å². The molecule has 1 rings (SSSR count). The first-order valence-electron chi connectivity index (χ1n) is 5.25. The van der Waals surface area contributed by atoms with E-state index in [0.717, 1.165) is 0 Å². The first-order valence-corrected chi connectivity index (χ1v) is 5.25. The molecule has 0 radical (unpaired) electrons. The molecule has 16 heavy (non-hydrogen) atoms. The predicted octanol–water partition coefficient (Wildman–Crippen LogP) is 1.47. The Morgan fingerprint density at radius 3 is 2.56 bits per heavy atom. The molecule has 1 atom stereocenters. The molecule has 0 aromatic carbocycles. The van der Waals surface area contributed by atoms with Gasteiger partial charge in [-0.1, -0.05) is 0 Å². The lowest BCUT2D eigenvalue weighted by Crippen LogP contribution is -2.41. The third-order valence-electron chi connectivity index (χ3n) is 2.68. The van der Waals surface area contributed by atoms with Crippen LogP contribution in [-0.4, -0.2) is 49.2 Å². The summed E-state index contributed by atoms with van der Waals surface area (Å²) < 4.78 is 41.9. The second-order valence-electron chi connectivity index (χ2n) is 4.22. The normalized spacial score (nSPS) is 24.5. The highest BCUT2D eigenvalue weighted by molar-refractivity contribution is 5.86.